The number of pyridine rings is 1. The molecule has 0 spiro atoms. The third kappa shape index (κ3) is 7.00. The van der Waals surface area contributed by atoms with Gasteiger partial charge in [0.2, 0.25) is 0 Å². The van der Waals surface area contributed by atoms with E-state index >= 15 is 0 Å². The molecule has 9 aromatic rings. The summed E-state index contributed by atoms with van der Waals surface area (Å²) in [6.07, 6.45) is 5.77. The van der Waals surface area contributed by atoms with Gasteiger partial charge in [-0.1, -0.05) is 84.9 Å². The Morgan fingerprint density at radius 3 is 1.91 bits per heavy atom. The predicted octanol–water partition coefficient (Wildman–Crippen LogP) is 12.2. The van der Waals surface area contributed by atoms with Gasteiger partial charge in [0.1, 0.15) is 42.0 Å². The molecule has 0 radical (unpaired) electrons. The van der Waals surface area contributed by atoms with Gasteiger partial charge >= 0.3 is 0 Å². The Bertz CT molecular complexity index is 2810. The first kappa shape index (κ1) is 35.6. The van der Waals surface area contributed by atoms with Crippen LogP contribution in [0.5, 0.6) is 23.0 Å². The molecule has 0 amide bonds. The number of ether oxygens (including phenoxy) is 3. The fourth-order valence-electron chi connectivity index (χ4n) is 7.50. The number of hydrogen-bond acceptors (Lipinski definition) is 5. The normalized spacial score (nSPS) is 11.3. The Hall–Kier alpha value is -7.12. The highest BCUT2D eigenvalue weighted by Gasteiger charge is 2.24. The summed E-state index contributed by atoms with van der Waals surface area (Å²) in [7, 11) is 0. The molecule has 3 aromatic heterocycles. The lowest BCUT2D eigenvalue weighted by Gasteiger charge is -2.22. The molecule has 280 valence electrons. The number of aryl methyl sites for hydroxylation is 1. The van der Waals surface area contributed by atoms with Gasteiger partial charge in [-0.25, -0.2) is 9.67 Å². The van der Waals surface area contributed by atoms with Gasteiger partial charge in [0, 0.05) is 40.9 Å². The molecule has 7 heteroatoms. The van der Waals surface area contributed by atoms with Crippen LogP contribution in [0.1, 0.15) is 33.4 Å². The van der Waals surface area contributed by atoms with Gasteiger partial charge in [-0.05, 0) is 104 Å². The number of benzene rings is 6. The second kappa shape index (κ2) is 15.2. The Morgan fingerprint density at radius 2 is 1.21 bits per heavy atom. The van der Waals surface area contributed by atoms with Crippen LogP contribution in [0.25, 0.3) is 44.4 Å². The van der Waals surface area contributed by atoms with Crippen LogP contribution in [-0.2, 0) is 13.2 Å². The molecule has 0 bridgehead atoms. The molecule has 0 saturated carbocycles. The highest BCUT2D eigenvalue weighted by atomic mass is 16.5. The van der Waals surface area contributed by atoms with Gasteiger partial charge in [-0.2, -0.15) is 5.10 Å². The molecule has 0 fully saturated rings. The molecular weight excluding hydrogens is 705 g/mol. The third-order valence-electron chi connectivity index (χ3n) is 10.7. The quantitative estimate of drug-likeness (QED) is 0.132. The lowest BCUT2D eigenvalue weighted by atomic mass is 9.94. The molecule has 0 N–H and O–H groups in total. The second-order valence-corrected chi connectivity index (χ2v) is 14.5. The molecule has 0 saturated heterocycles. The molecule has 9 rings (SSSR count). The van der Waals surface area contributed by atoms with Crippen molar-refractivity contribution in [2.45, 2.75) is 40.9 Å². The molecule has 0 aliphatic heterocycles. The number of aromatic nitrogens is 4. The van der Waals surface area contributed by atoms with Crippen LogP contribution in [0, 0.1) is 27.7 Å². The molecule has 0 aliphatic rings. The van der Waals surface area contributed by atoms with Crippen LogP contribution in [-0.4, -0.2) is 19.3 Å². The minimum absolute atomic E-state index is 0.427. The van der Waals surface area contributed by atoms with Crippen molar-refractivity contribution in [1.82, 2.24) is 19.3 Å². The summed E-state index contributed by atoms with van der Waals surface area (Å²) in [6, 6.07) is 47.3. The van der Waals surface area contributed by atoms with E-state index in [0.29, 0.717) is 19.0 Å². The minimum Gasteiger partial charge on any atom is -0.488 e. The topological polar surface area (TPSA) is 63.3 Å². The van der Waals surface area contributed by atoms with Crippen LogP contribution in [0.4, 0.5) is 0 Å². The van der Waals surface area contributed by atoms with E-state index < -0.39 is 0 Å². The van der Waals surface area contributed by atoms with E-state index in [4.69, 9.17) is 24.3 Å². The maximum absolute atomic E-state index is 6.69. The van der Waals surface area contributed by atoms with Crippen LogP contribution >= 0.6 is 0 Å². The van der Waals surface area contributed by atoms with Gasteiger partial charge in [-0.15, -0.1) is 0 Å². The molecule has 0 aliphatic carbocycles. The second-order valence-electron chi connectivity index (χ2n) is 14.5. The van der Waals surface area contributed by atoms with E-state index in [1.54, 1.807) is 0 Å². The molecule has 7 nitrogen and oxygen atoms in total. The summed E-state index contributed by atoms with van der Waals surface area (Å²) >= 11 is 0. The van der Waals surface area contributed by atoms with Crippen molar-refractivity contribution in [2.24, 2.45) is 0 Å². The maximum atomic E-state index is 6.69. The summed E-state index contributed by atoms with van der Waals surface area (Å²) < 4.78 is 24.0. The van der Waals surface area contributed by atoms with Crippen LogP contribution in [0.2, 0.25) is 0 Å². The average Bonchev–Trinajstić information content (AvgIpc) is 3.86. The Morgan fingerprint density at radius 1 is 0.561 bits per heavy atom. The molecule has 0 unspecified atom stereocenters. The zero-order valence-corrected chi connectivity index (χ0v) is 32.4. The monoisotopic (exact) mass is 746 g/mol. The van der Waals surface area contributed by atoms with Crippen molar-refractivity contribution < 1.29 is 14.2 Å². The van der Waals surface area contributed by atoms with Crippen molar-refractivity contribution in [2.75, 3.05) is 0 Å². The fourth-order valence-corrected chi connectivity index (χ4v) is 7.50. The predicted molar refractivity (Wildman–Crippen MR) is 228 cm³/mol. The maximum Gasteiger partial charge on any atom is 0.137 e. The van der Waals surface area contributed by atoms with E-state index in [1.165, 1.54) is 5.39 Å². The summed E-state index contributed by atoms with van der Waals surface area (Å²) in [5.41, 5.74) is 11.4. The number of hydrogen-bond donors (Lipinski definition) is 0. The van der Waals surface area contributed by atoms with E-state index in [9.17, 15) is 0 Å². The van der Waals surface area contributed by atoms with E-state index in [0.717, 1.165) is 89.7 Å². The lowest BCUT2D eigenvalue weighted by Crippen LogP contribution is -2.06. The fraction of sp³-hybridized carbons (Fsp3) is 0.120. The smallest absolute Gasteiger partial charge is 0.137 e. The number of fused-ring (bicyclic) bond motifs is 3. The van der Waals surface area contributed by atoms with Gasteiger partial charge < -0.3 is 14.2 Å². The molecule has 0 atom stereocenters. The van der Waals surface area contributed by atoms with Crippen molar-refractivity contribution in [3.05, 3.63) is 191 Å². The zero-order valence-electron chi connectivity index (χ0n) is 32.4. The molecule has 57 heavy (non-hydrogen) atoms. The first-order valence-electron chi connectivity index (χ1n) is 19.2. The summed E-state index contributed by atoms with van der Waals surface area (Å²) in [5, 5.41) is 7.17. The highest BCUT2D eigenvalue weighted by molar-refractivity contribution is 6.09. The van der Waals surface area contributed by atoms with Gasteiger partial charge in [0.05, 0.1) is 28.5 Å². The van der Waals surface area contributed by atoms with E-state index in [-0.39, 0.29) is 0 Å². The number of para-hydroxylation sites is 1. The van der Waals surface area contributed by atoms with Crippen LogP contribution < -0.4 is 14.2 Å². The molecule has 3 heterocycles. The number of rotatable bonds is 11. The largest absolute Gasteiger partial charge is 0.488 e. The minimum atomic E-state index is 0.427. The van der Waals surface area contributed by atoms with Crippen molar-refractivity contribution in [3.8, 4) is 45.6 Å². The van der Waals surface area contributed by atoms with Crippen LogP contribution in [0.15, 0.2) is 158 Å². The van der Waals surface area contributed by atoms with Gasteiger partial charge in [0.25, 0.3) is 0 Å². The van der Waals surface area contributed by atoms with Crippen molar-refractivity contribution >= 4 is 21.8 Å². The summed E-state index contributed by atoms with van der Waals surface area (Å²) in [5.74, 6) is 3.87. The molecular formula is C50H42N4O3. The van der Waals surface area contributed by atoms with Gasteiger partial charge in [0.15, 0.2) is 0 Å². The Kier molecular flexibility index (Phi) is 9.48. The van der Waals surface area contributed by atoms with Crippen LogP contribution in [0.3, 0.4) is 0 Å². The first-order valence-corrected chi connectivity index (χ1v) is 19.2. The zero-order chi connectivity index (χ0) is 38.9. The summed E-state index contributed by atoms with van der Waals surface area (Å²) in [4.78, 5) is 4.73. The Labute approximate surface area is 332 Å². The van der Waals surface area contributed by atoms with Crippen molar-refractivity contribution in [1.29, 1.82) is 0 Å². The number of nitrogens with zero attached hydrogens (tertiary/aromatic N) is 4. The molecule has 6 aromatic carbocycles. The SMILES string of the molecule is Cc1ccnc(-n2c3ccccc3c3ccc(Oc4cccc(-n5cc(-c6c(OCc7ccccc7)c(C)c(C)c(C)c6OCc6ccccc6)cn5)c4)cc32)c1. The third-order valence-corrected chi connectivity index (χ3v) is 10.7. The van der Waals surface area contributed by atoms with Crippen molar-refractivity contribution in [3.63, 3.8) is 0 Å². The first-order chi connectivity index (χ1) is 27.9. The average molecular weight is 747 g/mol. The lowest BCUT2D eigenvalue weighted by molar-refractivity contribution is 0.289. The highest BCUT2D eigenvalue weighted by Crippen LogP contribution is 2.46. The van der Waals surface area contributed by atoms with Gasteiger partial charge in [-0.3, -0.25) is 4.57 Å². The standard InChI is InChI=1S/C50H42N4O3/c1-33-24-25-51-47(26-33)54-45-21-12-11-20-43(45)44-23-22-42(28-46(44)54)57-41-19-13-18-40(27-41)53-30-39(29-52-53)48-49(55-31-37-14-7-5-8-15-37)35(3)34(2)36(4)50(48)56-32-38-16-9-6-10-17-38/h5-30H,31-32H2,1-4H3. The van der Waals surface area contributed by atoms with E-state index in [2.05, 4.69) is 99.0 Å². The van der Waals surface area contributed by atoms with E-state index in [1.807, 2.05) is 96.1 Å². The summed E-state index contributed by atoms with van der Waals surface area (Å²) in [6.45, 7) is 9.31. The Balaban J connectivity index is 1.07.